The zero-order valence-electron chi connectivity index (χ0n) is 12.3. The van der Waals surface area contributed by atoms with Gasteiger partial charge in [0.25, 0.3) is 0 Å². The van der Waals surface area contributed by atoms with Crippen molar-refractivity contribution in [3.05, 3.63) is 53.0 Å². The first-order valence-electron chi connectivity index (χ1n) is 6.56. The molecule has 0 bridgehead atoms. The molecule has 114 valence electrons. The van der Waals surface area contributed by atoms with Crippen LogP contribution < -0.4 is 0 Å². The first-order valence-corrected chi connectivity index (χ1v) is 8.00. The molecule has 0 aliphatic heterocycles. The van der Waals surface area contributed by atoms with E-state index in [2.05, 4.69) is 0 Å². The molecular weight excluding hydrogens is 290 g/mol. The van der Waals surface area contributed by atoms with Gasteiger partial charge in [0.2, 0.25) is 10.0 Å². The van der Waals surface area contributed by atoms with Crippen LogP contribution in [0, 0.1) is 13.8 Å². The van der Waals surface area contributed by atoms with E-state index in [9.17, 15) is 13.5 Å². The highest BCUT2D eigenvalue weighted by atomic mass is 32.2. The number of furan rings is 1. The number of nitrogens with zero attached hydrogens (tertiary/aromatic N) is 1. The second-order valence-corrected chi connectivity index (χ2v) is 7.05. The maximum atomic E-state index is 12.6. The molecular formula is C15H19NO4S. The molecule has 0 aliphatic carbocycles. The lowest BCUT2D eigenvalue weighted by atomic mass is 10.1. The van der Waals surface area contributed by atoms with Crippen molar-refractivity contribution in [2.45, 2.75) is 31.9 Å². The van der Waals surface area contributed by atoms with Crippen LogP contribution in [-0.2, 0) is 23.2 Å². The van der Waals surface area contributed by atoms with Crippen molar-refractivity contribution in [1.29, 1.82) is 0 Å². The predicted molar refractivity (Wildman–Crippen MR) is 79.2 cm³/mol. The van der Waals surface area contributed by atoms with Crippen molar-refractivity contribution >= 4 is 10.0 Å². The lowest BCUT2D eigenvalue weighted by Crippen LogP contribution is -2.26. The van der Waals surface area contributed by atoms with Crippen LogP contribution in [0.2, 0.25) is 0 Å². The Morgan fingerprint density at radius 1 is 1.19 bits per heavy atom. The van der Waals surface area contributed by atoms with Gasteiger partial charge in [0.05, 0.1) is 17.8 Å². The van der Waals surface area contributed by atoms with E-state index in [1.165, 1.54) is 17.4 Å². The minimum absolute atomic E-state index is 0.181. The quantitative estimate of drug-likeness (QED) is 0.919. The number of hydrogen-bond acceptors (Lipinski definition) is 4. The molecule has 1 aromatic carbocycles. The van der Waals surface area contributed by atoms with Crippen LogP contribution in [0.15, 0.2) is 39.8 Å². The number of benzene rings is 1. The van der Waals surface area contributed by atoms with Gasteiger partial charge < -0.3 is 9.52 Å². The lowest BCUT2D eigenvalue weighted by molar-refractivity contribution is 0.280. The summed E-state index contributed by atoms with van der Waals surface area (Å²) in [5.41, 5.74) is 2.31. The fraction of sp³-hybridized carbons (Fsp3) is 0.333. The van der Waals surface area contributed by atoms with Gasteiger partial charge in [-0.2, -0.15) is 4.31 Å². The van der Waals surface area contributed by atoms with Crippen LogP contribution in [0.3, 0.4) is 0 Å². The van der Waals surface area contributed by atoms with Crippen LogP contribution in [-0.4, -0.2) is 24.9 Å². The van der Waals surface area contributed by atoms with Gasteiger partial charge in [-0.25, -0.2) is 8.42 Å². The highest BCUT2D eigenvalue weighted by Gasteiger charge is 2.22. The van der Waals surface area contributed by atoms with Gasteiger partial charge in [-0.05, 0) is 43.2 Å². The Bertz CT molecular complexity index is 734. The van der Waals surface area contributed by atoms with E-state index in [1.54, 1.807) is 31.4 Å². The Balaban J connectivity index is 2.31. The SMILES string of the molecule is Cc1ccc(S(=O)(=O)N(C)Cc2ccoc2C)cc1CO. The van der Waals surface area contributed by atoms with Crippen molar-refractivity contribution in [2.24, 2.45) is 0 Å². The number of hydrogen-bond donors (Lipinski definition) is 1. The number of aryl methyl sites for hydroxylation is 2. The van der Waals surface area contributed by atoms with Gasteiger partial charge in [-0.3, -0.25) is 0 Å². The Morgan fingerprint density at radius 3 is 2.48 bits per heavy atom. The smallest absolute Gasteiger partial charge is 0.243 e. The third-order valence-corrected chi connectivity index (χ3v) is 5.36. The maximum absolute atomic E-state index is 12.6. The Hall–Kier alpha value is -1.63. The van der Waals surface area contributed by atoms with Crippen molar-refractivity contribution in [2.75, 3.05) is 7.05 Å². The zero-order chi connectivity index (χ0) is 15.6. The van der Waals surface area contributed by atoms with Crippen LogP contribution in [0.4, 0.5) is 0 Å². The van der Waals surface area contributed by atoms with Crippen LogP contribution in [0.25, 0.3) is 0 Å². The summed E-state index contributed by atoms with van der Waals surface area (Å²) in [5, 5.41) is 9.27. The van der Waals surface area contributed by atoms with Gasteiger partial charge in [-0.15, -0.1) is 0 Å². The molecule has 2 rings (SSSR count). The van der Waals surface area contributed by atoms with Gasteiger partial charge in [0, 0.05) is 19.2 Å². The van der Waals surface area contributed by atoms with Crippen molar-refractivity contribution in [3.8, 4) is 0 Å². The van der Waals surface area contributed by atoms with E-state index >= 15 is 0 Å². The molecule has 0 atom stereocenters. The van der Waals surface area contributed by atoms with E-state index < -0.39 is 10.0 Å². The largest absolute Gasteiger partial charge is 0.469 e. The number of rotatable bonds is 5. The summed E-state index contributed by atoms with van der Waals surface area (Å²) in [6, 6.07) is 6.54. The second-order valence-electron chi connectivity index (χ2n) is 5.01. The number of aliphatic hydroxyl groups excluding tert-OH is 1. The average molecular weight is 309 g/mol. The molecule has 6 heteroatoms. The number of sulfonamides is 1. The molecule has 0 fully saturated rings. The summed E-state index contributed by atoms with van der Waals surface area (Å²) in [6.07, 6.45) is 1.54. The molecule has 0 saturated heterocycles. The Morgan fingerprint density at radius 2 is 1.90 bits per heavy atom. The zero-order valence-corrected chi connectivity index (χ0v) is 13.1. The molecule has 1 aromatic heterocycles. The molecule has 0 amide bonds. The van der Waals surface area contributed by atoms with Crippen LogP contribution in [0.1, 0.15) is 22.5 Å². The Labute approximate surface area is 124 Å². The minimum atomic E-state index is -3.60. The van der Waals surface area contributed by atoms with E-state index in [0.29, 0.717) is 11.3 Å². The van der Waals surface area contributed by atoms with E-state index in [0.717, 1.165) is 11.1 Å². The molecule has 0 unspecified atom stereocenters. The normalized spacial score (nSPS) is 12.0. The van der Waals surface area contributed by atoms with E-state index in [4.69, 9.17) is 4.42 Å². The summed E-state index contributed by atoms with van der Waals surface area (Å²) in [7, 11) is -2.07. The van der Waals surface area contributed by atoms with Gasteiger partial charge in [-0.1, -0.05) is 6.07 Å². The van der Waals surface area contributed by atoms with Crippen LogP contribution in [0.5, 0.6) is 0 Å². The fourth-order valence-electron chi connectivity index (χ4n) is 2.06. The molecule has 0 spiro atoms. The molecule has 21 heavy (non-hydrogen) atoms. The van der Waals surface area contributed by atoms with Crippen molar-refractivity contribution in [1.82, 2.24) is 4.31 Å². The first kappa shape index (κ1) is 15.8. The monoisotopic (exact) mass is 309 g/mol. The summed E-state index contributed by atoms with van der Waals surface area (Å²) in [6.45, 7) is 3.69. The third kappa shape index (κ3) is 3.18. The van der Waals surface area contributed by atoms with E-state index in [1.807, 2.05) is 6.92 Å². The molecule has 0 aliphatic rings. The number of aliphatic hydroxyl groups is 1. The molecule has 0 saturated carbocycles. The van der Waals surface area contributed by atoms with Crippen LogP contribution >= 0.6 is 0 Å². The Kier molecular flexibility index (Phi) is 4.51. The molecule has 1 heterocycles. The van der Waals surface area contributed by atoms with Gasteiger partial charge in [0.1, 0.15) is 5.76 Å². The highest BCUT2D eigenvalue weighted by Crippen LogP contribution is 2.21. The minimum Gasteiger partial charge on any atom is -0.469 e. The predicted octanol–water partition coefficient (Wildman–Crippen LogP) is 2.21. The second kappa shape index (κ2) is 6.01. The third-order valence-electron chi connectivity index (χ3n) is 3.56. The molecule has 2 aromatic rings. The molecule has 1 N–H and O–H groups in total. The molecule has 5 nitrogen and oxygen atoms in total. The van der Waals surface area contributed by atoms with Crippen molar-refractivity contribution < 1.29 is 17.9 Å². The fourth-order valence-corrected chi connectivity index (χ4v) is 3.26. The van der Waals surface area contributed by atoms with Crippen molar-refractivity contribution in [3.63, 3.8) is 0 Å². The molecule has 0 radical (unpaired) electrons. The summed E-state index contributed by atoms with van der Waals surface area (Å²) in [4.78, 5) is 0.181. The topological polar surface area (TPSA) is 70.8 Å². The standard InChI is InChI=1S/C15H19NO4S/c1-11-4-5-15(8-14(11)10-17)21(18,19)16(3)9-13-6-7-20-12(13)2/h4-8,17H,9-10H2,1-3H3. The van der Waals surface area contributed by atoms with E-state index in [-0.39, 0.29) is 18.0 Å². The summed E-state index contributed by atoms with van der Waals surface area (Å²) < 4.78 is 31.6. The summed E-state index contributed by atoms with van der Waals surface area (Å²) >= 11 is 0. The first-order chi connectivity index (χ1) is 9.86. The van der Waals surface area contributed by atoms with Gasteiger partial charge in [0.15, 0.2) is 0 Å². The highest BCUT2D eigenvalue weighted by molar-refractivity contribution is 7.89. The average Bonchev–Trinajstić information content (AvgIpc) is 2.84. The lowest BCUT2D eigenvalue weighted by Gasteiger charge is -2.17. The summed E-state index contributed by atoms with van der Waals surface area (Å²) in [5.74, 6) is 0.706. The maximum Gasteiger partial charge on any atom is 0.243 e. The van der Waals surface area contributed by atoms with Gasteiger partial charge >= 0.3 is 0 Å².